The van der Waals surface area contributed by atoms with Crippen molar-refractivity contribution in [3.8, 4) is 17.9 Å². The summed E-state index contributed by atoms with van der Waals surface area (Å²) in [6.07, 6.45) is 9.40. The minimum Gasteiger partial charge on any atom is -0.462 e. The predicted molar refractivity (Wildman–Crippen MR) is 112 cm³/mol. The standard InChI is InChI=1S/C24H21N3O2/c1-15-7-20(11-21-9-18(8-16(2)28-21)19(13-25)14-26)29-24-12-23-17(10-22(15)24)5-4-6-27(23)3/h7-12H,4-6H2,1-3H3/b20-11+. The fourth-order valence-corrected chi connectivity index (χ4v) is 3.88. The minimum atomic E-state index is 0.0554. The first-order chi connectivity index (χ1) is 14.0. The molecular formula is C24H21N3O2. The number of rotatable bonds is 1. The van der Waals surface area contributed by atoms with Gasteiger partial charge in [-0.05, 0) is 62.1 Å². The second-order valence-electron chi connectivity index (χ2n) is 7.44. The second kappa shape index (κ2) is 7.37. The van der Waals surface area contributed by atoms with Crippen LogP contribution in [0.2, 0.25) is 0 Å². The molecule has 0 N–H and O–H groups in total. The van der Waals surface area contributed by atoms with Crippen LogP contribution in [0.15, 0.2) is 64.9 Å². The maximum absolute atomic E-state index is 9.15. The minimum absolute atomic E-state index is 0.0554. The van der Waals surface area contributed by atoms with E-state index in [0.717, 1.165) is 29.9 Å². The Morgan fingerprint density at radius 3 is 2.66 bits per heavy atom. The number of nitriles is 2. The average molecular weight is 383 g/mol. The maximum Gasteiger partial charge on any atom is 0.137 e. The summed E-state index contributed by atoms with van der Waals surface area (Å²) in [6.45, 7) is 4.91. The molecule has 0 aromatic heterocycles. The highest BCUT2D eigenvalue weighted by Crippen LogP contribution is 2.40. The van der Waals surface area contributed by atoms with Crippen molar-refractivity contribution >= 4 is 11.3 Å². The van der Waals surface area contributed by atoms with Gasteiger partial charge >= 0.3 is 0 Å². The first-order valence-electron chi connectivity index (χ1n) is 9.57. The van der Waals surface area contributed by atoms with Crippen LogP contribution in [0.25, 0.3) is 5.57 Å². The number of ether oxygens (including phenoxy) is 2. The van der Waals surface area contributed by atoms with E-state index in [4.69, 9.17) is 20.0 Å². The van der Waals surface area contributed by atoms with Crippen molar-refractivity contribution < 1.29 is 9.47 Å². The lowest BCUT2D eigenvalue weighted by Gasteiger charge is -2.30. The number of hydrogen-bond acceptors (Lipinski definition) is 5. The molecule has 0 radical (unpaired) electrons. The van der Waals surface area contributed by atoms with Crippen LogP contribution in [0, 0.1) is 22.7 Å². The molecule has 0 atom stereocenters. The second-order valence-corrected chi connectivity index (χ2v) is 7.44. The Morgan fingerprint density at radius 2 is 1.90 bits per heavy atom. The van der Waals surface area contributed by atoms with Gasteiger partial charge in [0.25, 0.3) is 0 Å². The summed E-state index contributed by atoms with van der Waals surface area (Å²) in [5.74, 6) is 2.63. The van der Waals surface area contributed by atoms with Crippen molar-refractivity contribution in [1.82, 2.24) is 0 Å². The first-order valence-corrected chi connectivity index (χ1v) is 9.57. The summed E-state index contributed by atoms with van der Waals surface area (Å²) in [6, 6.07) is 8.20. The summed E-state index contributed by atoms with van der Waals surface area (Å²) in [5.41, 5.74) is 5.41. The van der Waals surface area contributed by atoms with Crippen LogP contribution in [0.4, 0.5) is 5.69 Å². The molecule has 0 fully saturated rings. The lowest BCUT2D eigenvalue weighted by molar-refractivity contribution is 0.313. The highest BCUT2D eigenvalue weighted by atomic mass is 16.5. The van der Waals surface area contributed by atoms with E-state index in [0.29, 0.717) is 22.9 Å². The molecule has 0 saturated heterocycles. The highest BCUT2D eigenvalue weighted by Gasteiger charge is 2.22. The third-order valence-electron chi connectivity index (χ3n) is 5.28. The molecule has 144 valence electrons. The number of fused-ring (bicyclic) bond motifs is 2. The Bertz CT molecular complexity index is 1120. The smallest absolute Gasteiger partial charge is 0.137 e. The van der Waals surface area contributed by atoms with Crippen LogP contribution in [-0.2, 0) is 11.2 Å². The van der Waals surface area contributed by atoms with Crippen LogP contribution in [0.3, 0.4) is 0 Å². The lowest BCUT2D eigenvalue weighted by Crippen LogP contribution is -2.25. The Kier molecular flexibility index (Phi) is 4.74. The molecule has 0 unspecified atom stereocenters. The van der Waals surface area contributed by atoms with E-state index in [-0.39, 0.29) is 5.57 Å². The Hall–Kier alpha value is -3.70. The van der Waals surface area contributed by atoms with E-state index in [1.165, 1.54) is 17.7 Å². The molecule has 0 amide bonds. The third-order valence-corrected chi connectivity index (χ3v) is 5.28. The molecule has 3 aliphatic heterocycles. The Morgan fingerprint density at radius 1 is 1.10 bits per heavy atom. The Labute approximate surface area is 170 Å². The monoisotopic (exact) mass is 383 g/mol. The van der Waals surface area contributed by atoms with E-state index in [1.54, 1.807) is 25.2 Å². The SMILES string of the molecule is CC1=CC(=C(C#N)C#N)C=C(/C=C2\C=C(C)c3cc4c(cc3O2)N(C)CCC4)O1. The van der Waals surface area contributed by atoms with Gasteiger partial charge in [-0.25, -0.2) is 0 Å². The van der Waals surface area contributed by atoms with Crippen molar-refractivity contribution in [3.63, 3.8) is 0 Å². The molecule has 3 heterocycles. The predicted octanol–water partition coefficient (Wildman–Crippen LogP) is 4.91. The molecular weight excluding hydrogens is 362 g/mol. The molecule has 0 aliphatic carbocycles. The fraction of sp³-hybridized carbons (Fsp3) is 0.250. The molecule has 0 bridgehead atoms. The van der Waals surface area contributed by atoms with E-state index in [9.17, 15) is 0 Å². The van der Waals surface area contributed by atoms with Gasteiger partial charge < -0.3 is 14.4 Å². The number of aryl methyl sites for hydroxylation is 1. The van der Waals surface area contributed by atoms with Gasteiger partial charge in [-0.2, -0.15) is 10.5 Å². The third kappa shape index (κ3) is 3.56. The summed E-state index contributed by atoms with van der Waals surface area (Å²) in [7, 11) is 2.11. The van der Waals surface area contributed by atoms with Crippen LogP contribution in [0.1, 0.15) is 31.4 Å². The fourth-order valence-electron chi connectivity index (χ4n) is 3.88. The molecule has 3 aliphatic rings. The summed E-state index contributed by atoms with van der Waals surface area (Å²) in [5, 5.41) is 18.3. The van der Waals surface area contributed by atoms with E-state index in [1.807, 2.05) is 18.2 Å². The summed E-state index contributed by atoms with van der Waals surface area (Å²) >= 11 is 0. The maximum atomic E-state index is 9.15. The zero-order chi connectivity index (χ0) is 20.5. The average Bonchev–Trinajstić information content (AvgIpc) is 2.68. The van der Waals surface area contributed by atoms with Gasteiger partial charge in [-0.1, -0.05) is 0 Å². The zero-order valence-corrected chi connectivity index (χ0v) is 16.7. The number of anilines is 1. The molecule has 4 rings (SSSR count). The Balaban J connectivity index is 1.71. The van der Waals surface area contributed by atoms with Crippen molar-refractivity contribution in [2.75, 3.05) is 18.5 Å². The highest BCUT2D eigenvalue weighted by molar-refractivity contribution is 5.77. The summed E-state index contributed by atoms with van der Waals surface area (Å²) in [4.78, 5) is 2.27. The van der Waals surface area contributed by atoms with E-state index in [2.05, 4.69) is 31.0 Å². The normalized spacial score (nSPS) is 18.8. The topological polar surface area (TPSA) is 69.3 Å². The number of benzene rings is 1. The van der Waals surface area contributed by atoms with Gasteiger partial charge in [0.1, 0.15) is 40.7 Å². The van der Waals surface area contributed by atoms with Crippen LogP contribution >= 0.6 is 0 Å². The van der Waals surface area contributed by atoms with E-state index < -0.39 is 0 Å². The molecule has 5 heteroatoms. The molecule has 1 aromatic rings. The van der Waals surface area contributed by atoms with Crippen molar-refractivity contribution in [2.45, 2.75) is 26.7 Å². The quantitative estimate of drug-likeness (QED) is 0.645. The largest absolute Gasteiger partial charge is 0.462 e. The zero-order valence-electron chi connectivity index (χ0n) is 16.7. The van der Waals surface area contributed by atoms with Crippen molar-refractivity contribution in [2.24, 2.45) is 0 Å². The van der Waals surface area contributed by atoms with Crippen molar-refractivity contribution in [3.05, 3.63) is 76.0 Å². The van der Waals surface area contributed by atoms with Gasteiger partial charge in [0.2, 0.25) is 0 Å². The van der Waals surface area contributed by atoms with Gasteiger partial charge in [0.05, 0.1) is 0 Å². The number of allylic oxidation sites excluding steroid dienone is 8. The van der Waals surface area contributed by atoms with Gasteiger partial charge in [-0.15, -0.1) is 0 Å². The van der Waals surface area contributed by atoms with Gasteiger partial charge in [0.15, 0.2) is 0 Å². The molecule has 29 heavy (non-hydrogen) atoms. The first kappa shape index (κ1) is 18.7. The van der Waals surface area contributed by atoms with Gasteiger partial charge in [0, 0.05) is 42.6 Å². The number of nitrogens with zero attached hydrogens (tertiary/aromatic N) is 3. The lowest BCUT2D eigenvalue weighted by atomic mass is 9.94. The summed E-state index contributed by atoms with van der Waals surface area (Å²) < 4.78 is 11.9. The molecule has 5 nitrogen and oxygen atoms in total. The van der Waals surface area contributed by atoms with Crippen LogP contribution < -0.4 is 9.64 Å². The van der Waals surface area contributed by atoms with Crippen molar-refractivity contribution in [1.29, 1.82) is 10.5 Å². The van der Waals surface area contributed by atoms with Crippen LogP contribution in [-0.4, -0.2) is 13.6 Å². The molecule has 0 spiro atoms. The molecule has 1 aromatic carbocycles. The number of hydrogen-bond donors (Lipinski definition) is 0. The van der Waals surface area contributed by atoms with E-state index >= 15 is 0 Å². The van der Waals surface area contributed by atoms with Crippen LogP contribution in [0.5, 0.6) is 5.75 Å². The van der Waals surface area contributed by atoms with Gasteiger partial charge in [-0.3, -0.25) is 0 Å². The molecule has 0 saturated carbocycles.